The summed E-state index contributed by atoms with van der Waals surface area (Å²) in [7, 11) is 0. The number of rotatable bonds is 3. The summed E-state index contributed by atoms with van der Waals surface area (Å²) in [5, 5.41) is 19.6. The zero-order valence-corrected chi connectivity index (χ0v) is 14.1. The molecule has 7 nitrogen and oxygen atoms in total. The Labute approximate surface area is 138 Å². The van der Waals surface area contributed by atoms with Gasteiger partial charge in [0.05, 0.1) is 11.4 Å². The first-order chi connectivity index (χ1) is 10.5. The molecule has 0 saturated heterocycles. The lowest BCUT2D eigenvalue weighted by atomic mass is 10.3. The van der Waals surface area contributed by atoms with Crippen molar-refractivity contribution in [2.24, 2.45) is 0 Å². The Morgan fingerprint density at radius 2 is 2.09 bits per heavy atom. The summed E-state index contributed by atoms with van der Waals surface area (Å²) in [6, 6.07) is 7.60. The second-order valence-corrected chi connectivity index (χ2v) is 6.59. The molecule has 3 aromatic rings. The number of carbonyl (C=O) groups is 1. The zero-order chi connectivity index (χ0) is 15.7. The highest BCUT2D eigenvalue weighted by molar-refractivity contribution is 9.10. The Bertz CT molecular complexity index is 843. The molecule has 0 fully saturated rings. The molecule has 0 unspecified atom stereocenters. The van der Waals surface area contributed by atoms with Crippen LogP contribution in [0.3, 0.4) is 0 Å². The van der Waals surface area contributed by atoms with E-state index in [0.717, 1.165) is 15.2 Å². The number of nitrogens with one attached hydrogen (secondary N) is 1. The average molecular weight is 379 g/mol. The van der Waals surface area contributed by atoms with Gasteiger partial charge >= 0.3 is 0 Å². The van der Waals surface area contributed by atoms with E-state index in [9.17, 15) is 4.79 Å². The van der Waals surface area contributed by atoms with Crippen LogP contribution in [-0.4, -0.2) is 31.1 Å². The molecule has 0 bridgehead atoms. The first-order valence-corrected chi connectivity index (χ1v) is 7.95. The van der Waals surface area contributed by atoms with Crippen molar-refractivity contribution in [3.8, 4) is 5.69 Å². The first kappa shape index (κ1) is 14.8. The van der Waals surface area contributed by atoms with Gasteiger partial charge in [-0.15, -0.1) is 15.3 Å². The molecular weight excluding hydrogens is 368 g/mol. The Morgan fingerprint density at radius 1 is 1.27 bits per heavy atom. The lowest BCUT2D eigenvalue weighted by Crippen LogP contribution is -2.14. The molecule has 0 spiro atoms. The van der Waals surface area contributed by atoms with E-state index in [-0.39, 0.29) is 11.6 Å². The highest BCUT2D eigenvalue weighted by atomic mass is 79.9. The van der Waals surface area contributed by atoms with Crippen molar-refractivity contribution in [1.29, 1.82) is 0 Å². The fraction of sp³-hybridized carbons (Fsp3) is 0.154. The summed E-state index contributed by atoms with van der Waals surface area (Å²) in [5.41, 5.74) is 1.73. The van der Waals surface area contributed by atoms with Crippen molar-refractivity contribution < 1.29 is 4.79 Å². The summed E-state index contributed by atoms with van der Waals surface area (Å²) in [6.07, 6.45) is 0. The topological polar surface area (TPSA) is 85.6 Å². The molecule has 0 atom stereocenters. The van der Waals surface area contributed by atoms with E-state index in [1.165, 1.54) is 11.3 Å². The molecule has 1 N–H and O–H groups in total. The molecule has 112 valence electrons. The number of hydrogen-bond donors (Lipinski definition) is 1. The second kappa shape index (κ2) is 5.93. The van der Waals surface area contributed by atoms with Crippen LogP contribution < -0.4 is 5.32 Å². The van der Waals surface area contributed by atoms with Crippen molar-refractivity contribution in [2.75, 3.05) is 5.32 Å². The molecule has 2 aromatic heterocycles. The van der Waals surface area contributed by atoms with Gasteiger partial charge in [-0.3, -0.25) is 10.1 Å². The number of hydrogen-bond acceptors (Lipinski definition) is 6. The molecule has 1 amide bonds. The van der Waals surface area contributed by atoms with Crippen LogP contribution in [0.25, 0.3) is 5.69 Å². The van der Waals surface area contributed by atoms with Gasteiger partial charge in [-0.25, -0.2) is 4.68 Å². The van der Waals surface area contributed by atoms with Gasteiger partial charge in [0.25, 0.3) is 5.91 Å². The van der Waals surface area contributed by atoms with Gasteiger partial charge in [0.15, 0.2) is 5.69 Å². The van der Waals surface area contributed by atoms with Crippen LogP contribution in [0.5, 0.6) is 0 Å². The zero-order valence-electron chi connectivity index (χ0n) is 11.7. The lowest BCUT2D eigenvalue weighted by molar-refractivity contribution is 0.102. The van der Waals surface area contributed by atoms with Crippen LogP contribution in [0, 0.1) is 13.8 Å². The second-order valence-electron chi connectivity index (χ2n) is 4.50. The minimum atomic E-state index is -0.352. The SMILES string of the molecule is Cc1nnc(NC(=O)c2nnn(-c3cccc(Br)c3)c2C)s1. The van der Waals surface area contributed by atoms with Crippen molar-refractivity contribution in [2.45, 2.75) is 13.8 Å². The van der Waals surface area contributed by atoms with E-state index in [4.69, 9.17) is 0 Å². The van der Waals surface area contributed by atoms with E-state index < -0.39 is 0 Å². The average Bonchev–Trinajstić information content (AvgIpc) is 3.05. The predicted octanol–water partition coefficient (Wildman–Crippen LogP) is 2.75. The Hall–Kier alpha value is -2.13. The van der Waals surface area contributed by atoms with Crippen molar-refractivity contribution >= 4 is 38.3 Å². The van der Waals surface area contributed by atoms with Crippen LogP contribution in [-0.2, 0) is 0 Å². The highest BCUT2D eigenvalue weighted by Crippen LogP contribution is 2.19. The summed E-state index contributed by atoms with van der Waals surface area (Å²) < 4.78 is 2.54. The Balaban J connectivity index is 1.88. The first-order valence-electron chi connectivity index (χ1n) is 6.34. The van der Waals surface area contributed by atoms with E-state index >= 15 is 0 Å². The van der Waals surface area contributed by atoms with Gasteiger partial charge in [0, 0.05) is 4.47 Å². The number of aryl methyl sites for hydroxylation is 1. The number of amides is 1. The quantitative estimate of drug-likeness (QED) is 0.756. The monoisotopic (exact) mass is 378 g/mol. The molecule has 0 aliphatic heterocycles. The van der Waals surface area contributed by atoms with Crippen LogP contribution in [0.1, 0.15) is 21.2 Å². The number of carbonyl (C=O) groups excluding carboxylic acids is 1. The van der Waals surface area contributed by atoms with Crippen LogP contribution in [0.2, 0.25) is 0 Å². The minimum absolute atomic E-state index is 0.257. The normalized spacial score (nSPS) is 10.7. The summed E-state index contributed by atoms with van der Waals surface area (Å²) >= 11 is 4.72. The molecule has 0 aliphatic carbocycles. The van der Waals surface area contributed by atoms with Gasteiger partial charge in [0.1, 0.15) is 5.01 Å². The van der Waals surface area contributed by atoms with Gasteiger partial charge in [-0.05, 0) is 32.0 Å². The van der Waals surface area contributed by atoms with Crippen molar-refractivity contribution in [3.63, 3.8) is 0 Å². The number of halogens is 1. The fourth-order valence-corrected chi connectivity index (χ4v) is 2.87. The van der Waals surface area contributed by atoms with Gasteiger partial charge in [-0.2, -0.15) is 0 Å². The third-order valence-electron chi connectivity index (χ3n) is 2.91. The van der Waals surface area contributed by atoms with E-state index in [2.05, 4.69) is 41.8 Å². The molecule has 0 saturated carbocycles. The van der Waals surface area contributed by atoms with Gasteiger partial charge in [0.2, 0.25) is 5.13 Å². The smallest absolute Gasteiger partial charge is 0.279 e. The number of benzene rings is 1. The molecule has 9 heteroatoms. The maximum atomic E-state index is 12.3. The van der Waals surface area contributed by atoms with Gasteiger partial charge < -0.3 is 0 Å². The van der Waals surface area contributed by atoms with E-state index in [1.54, 1.807) is 11.6 Å². The summed E-state index contributed by atoms with van der Waals surface area (Å²) in [4.78, 5) is 12.3. The Morgan fingerprint density at radius 3 is 2.77 bits per heavy atom. The number of anilines is 1. The predicted molar refractivity (Wildman–Crippen MR) is 86.4 cm³/mol. The maximum absolute atomic E-state index is 12.3. The minimum Gasteiger partial charge on any atom is -0.295 e. The number of nitrogens with zero attached hydrogens (tertiary/aromatic N) is 5. The third kappa shape index (κ3) is 2.90. The molecule has 0 aliphatic rings. The van der Waals surface area contributed by atoms with E-state index in [0.29, 0.717) is 10.8 Å². The summed E-state index contributed by atoms with van der Waals surface area (Å²) in [6.45, 7) is 3.61. The van der Waals surface area contributed by atoms with Crippen molar-refractivity contribution in [3.05, 3.63) is 45.1 Å². The third-order valence-corrected chi connectivity index (χ3v) is 4.16. The molecule has 2 heterocycles. The van der Waals surface area contributed by atoms with Crippen LogP contribution in [0.15, 0.2) is 28.7 Å². The summed E-state index contributed by atoms with van der Waals surface area (Å²) in [5.74, 6) is -0.352. The number of aromatic nitrogens is 5. The van der Waals surface area contributed by atoms with E-state index in [1.807, 2.05) is 31.2 Å². The maximum Gasteiger partial charge on any atom is 0.279 e. The van der Waals surface area contributed by atoms with Crippen molar-refractivity contribution in [1.82, 2.24) is 25.2 Å². The van der Waals surface area contributed by atoms with Gasteiger partial charge in [-0.1, -0.05) is 38.5 Å². The molecule has 0 radical (unpaired) electrons. The largest absolute Gasteiger partial charge is 0.295 e. The molecule has 1 aromatic carbocycles. The Kier molecular flexibility index (Phi) is 3.99. The van der Waals surface area contributed by atoms with Crippen LogP contribution >= 0.6 is 27.3 Å². The van der Waals surface area contributed by atoms with Crippen LogP contribution in [0.4, 0.5) is 5.13 Å². The lowest BCUT2D eigenvalue weighted by Gasteiger charge is -2.04. The highest BCUT2D eigenvalue weighted by Gasteiger charge is 2.18. The molecule has 22 heavy (non-hydrogen) atoms. The fourth-order valence-electron chi connectivity index (χ4n) is 1.90. The standard InChI is InChI=1S/C13H11BrN6OS/c1-7-11(12(21)15-13-18-16-8(2)22-13)17-19-20(7)10-5-3-4-9(14)6-10/h3-6H,1-2H3,(H,15,18,21). The molecule has 3 rings (SSSR count). The molecular formula is C13H11BrN6OS.